The van der Waals surface area contributed by atoms with Gasteiger partial charge in [0.25, 0.3) is 5.91 Å². The fourth-order valence-electron chi connectivity index (χ4n) is 4.11. The van der Waals surface area contributed by atoms with Crippen molar-refractivity contribution in [1.82, 2.24) is 10.2 Å². The van der Waals surface area contributed by atoms with E-state index in [9.17, 15) is 14.4 Å². The van der Waals surface area contributed by atoms with Crippen molar-refractivity contribution in [2.24, 2.45) is 0 Å². The third kappa shape index (κ3) is 10.0. The fourth-order valence-corrected chi connectivity index (χ4v) is 4.36. The maximum absolute atomic E-state index is 14.0. The molecule has 38 heavy (non-hydrogen) atoms. The van der Waals surface area contributed by atoms with Crippen LogP contribution in [0.5, 0.6) is 0 Å². The van der Waals surface area contributed by atoms with E-state index in [0.717, 1.165) is 37.7 Å². The monoisotopic (exact) mass is 541 g/mol. The van der Waals surface area contributed by atoms with Gasteiger partial charge in [0.05, 0.1) is 0 Å². The van der Waals surface area contributed by atoms with E-state index in [-0.39, 0.29) is 17.6 Å². The molecule has 2 atom stereocenters. The van der Waals surface area contributed by atoms with Gasteiger partial charge in [-0.3, -0.25) is 9.59 Å². The van der Waals surface area contributed by atoms with Crippen molar-refractivity contribution in [2.75, 3.05) is 17.6 Å². The normalized spacial score (nSPS) is 12.8. The zero-order valence-electron chi connectivity index (χ0n) is 23.3. The number of amides is 3. The Balaban J connectivity index is 2.42. The number of benzene rings is 2. The number of rotatable bonds is 13. The summed E-state index contributed by atoms with van der Waals surface area (Å²) in [7, 11) is 0. The largest absolute Gasteiger partial charge is 0.444 e. The first-order valence-electron chi connectivity index (χ1n) is 13.4. The van der Waals surface area contributed by atoms with E-state index in [1.165, 1.54) is 0 Å². The summed E-state index contributed by atoms with van der Waals surface area (Å²) < 4.78 is 5.38. The standard InChI is InChI=1S/C30H43N3O4S/c1-6-7-8-9-15-20-33(28(35)25(21-38)32-29(36)37-30(3,4)5)26(23-17-11-10-12-18-23)27(34)31-24-19-14-13-16-22(24)2/h10-14,16-19,25-26,38H,6-9,15,20-21H2,1-5H3,(H,31,34)(H,32,36). The Hall–Kier alpha value is -3.00. The van der Waals surface area contributed by atoms with Crippen LogP contribution in [0.4, 0.5) is 10.5 Å². The summed E-state index contributed by atoms with van der Waals surface area (Å²) in [6.45, 7) is 9.71. The highest BCUT2D eigenvalue weighted by molar-refractivity contribution is 7.80. The van der Waals surface area contributed by atoms with E-state index in [2.05, 4.69) is 30.2 Å². The first-order chi connectivity index (χ1) is 18.1. The number of aryl methyl sites for hydroxylation is 1. The lowest BCUT2D eigenvalue weighted by Gasteiger charge is -2.34. The highest BCUT2D eigenvalue weighted by Crippen LogP contribution is 2.26. The number of carbonyl (C=O) groups is 3. The molecule has 0 spiro atoms. The van der Waals surface area contributed by atoms with Crippen LogP contribution in [-0.2, 0) is 14.3 Å². The molecule has 0 aromatic heterocycles. The van der Waals surface area contributed by atoms with Crippen molar-refractivity contribution in [3.63, 3.8) is 0 Å². The Kier molecular flexibility index (Phi) is 12.7. The Bertz CT molecular complexity index is 1040. The van der Waals surface area contributed by atoms with Gasteiger partial charge >= 0.3 is 6.09 Å². The average Bonchev–Trinajstić information content (AvgIpc) is 2.87. The first-order valence-corrected chi connectivity index (χ1v) is 14.0. The van der Waals surface area contributed by atoms with Crippen LogP contribution in [0.2, 0.25) is 0 Å². The number of thiol groups is 1. The Labute approximate surface area is 233 Å². The number of hydrogen-bond acceptors (Lipinski definition) is 5. The van der Waals surface area contributed by atoms with Gasteiger partial charge in [0.15, 0.2) is 0 Å². The fraction of sp³-hybridized carbons (Fsp3) is 0.500. The van der Waals surface area contributed by atoms with Crippen LogP contribution in [0.15, 0.2) is 54.6 Å². The summed E-state index contributed by atoms with van der Waals surface area (Å²) in [5, 5.41) is 5.68. The van der Waals surface area contributed by atoms with E-state index in [1.54, 1.807) is 25.7 Å². The van der Waals surface area contributed by atoms with Crippen LogP contribution in [0, 0.1) is 6.92 Å². The molecule has 0 radical (unpaired) electrons. The molecule has 208 valence electrons. The number of unbranched alkanes of at least 4 members (excludes halogenated alkanes) is 4. The minimum absolute atomic E-state index is 0.0608. The van der Waals surface area contributed by atoms with E-state index in [0.29, 0.717) is 17.8 Å². The molecule has 0 aliphatic carbocycles. The maximum atomic E-state index is 14.0. The molecule has 3 amide bonds. The summed E-state index contributed by atoms with van der Waals surface area (Å²) in [4.78, 5) is 41.9. The third-order valence-electron chi connectivity index (χ3n) is 6.04. The molecule has 0 saturated carbocycles. The second kappa shape index (κ2) is 15.4. The van der Waals surface area contributed by atoms with Crippen molar-refractivity contribution < 1.29 is 19.1 Å². The van der Waals surface area contributed by atoms with Crippen molar-refractivity contribution in [2.45, 2.75) is 84.4 Å². The van der Waals surface area contributed by atoms with Crippen molar-refractivity contribution >= 4 is 36.2 Å². The number of ether oxygens (including phenoxy) is 1. The number of anilines is 1. The van der Waals surface area contributed by atoms with E-state index in [1.807, 2.05) is 61.5 Å². The Morgan fingerprint density at radius 3 is 2.18 bits per heavy atom. The zero-order chi connectivity index (χ0) is 28.1. The third-order valence-corrected chi connectivity index (χ3v) is 6.40. The molecular formula is C30H43N3O4S. The predicted octanol–water partition coefficient (Wildman–Crippen LogP) is 6.30. The molecule has 2 N–H and O–H groups in total. The van der Waals surface area contributed by atoms with Crippen molar-refractivity contribution in [3.05, 3.63) is 65.7 Å². The summed E-state index contributed by atoms with van der Waals surface area (Å²) in [6, 6.07) is 14.9. The minimum atomic E-state index is -0.957. The zero-order valence-corrected chi connectivity index (χ0v) is 24.2. The molecule has 0 fully saturated rings. The van der Waals surface area contributed by atoms with Gasteiger partial charge in [0.2, 0.25) is 5.91 Å². The number of alkyl carbamates (subject to hydrolysis) is 1. The Morgan fingerprint density at radius 2 is 1.58 bits per heavy atom. The Morgan fingerprint density at radius 1 is 0.947 bits per heavy atom. The first kappa shape index (κ1) is 31.2. The maximum Gasteiger partial charge on any atom is 0.408 e. The SMILES string of the molecule is CCCCCCCN(C(=O)C(CS)NC(=O)OC(C)(C)C)C(C(=O)Nc1ccccc1C)c1ccccc1. The number of nitrogens with zero attached hydrogens (tertiary/aromatic N) is 1. The van der Waals surface area contributed by atoms with Crippen LogP contribution in [0.1, 0.15) is 77.0 Å². The molecule has 2 rings (SSSR count). The second-order valence-electron chi connectivity index (χ2n) is 10.4. The van der Waals surface area contributed by atoms with Crippen LogP contribution >= 0.6 is 12.6 Å². The number of para-hydroxylation sites is 1. The van der Waals surface area contributed by atoms with Crippen LogP contribution < -0.4 is 10.6 Å². The van der Waals surface area contributed by atoms with E-state index < -0.39 is 23.8 Å². The average molecular weight is 542 g/mol. The van der Waals surface area contributed by atoms with Crippen LogP contribution in [0.25, 0.3) is 0 Å². The molecule has 2 aromatic rings. The van der Waals surface area contributed by atoms with Crippen molar-refractivity contribution in [3.8, 4) is 0 Å². The minimum Gasteiger partial charge on any atom is -0.444 e. The van der Waals surface area contributed by atoms with Gasteiger partial charge in [-0.15, -0.1) is 0 Å². The molecule has 0 saturated heterocycles. The molecule has 0 aliphatic rings. The predicted molar refractivity (Wildman–Crippen MR) is 156 cm³/mol. The highest BCUT2D eigenvalue weighted by atomic mass is 32.1. The molecule has 0 aliphatic heterocycles. The van der Waals surface area contributed by atoms with Crippen LogP contribution in [-0.4, -0.2) is 46.7 Å². The van der Waals surface area contributed by atoms with Gasteiger partial charge in [0, 0.05) is 18.0 Å². The van der Waals surface area contributed by atoms with Gasteiger partial charge in [-0.2, -0.15) is 12.6 Å². The lowest BCUT2D eigenvalue weighted by Crippen LogP contribution is -2.53. The van der Waals surface area contributed by atoms with E-state index in [4.69, 9.17) is 4.74 Å². The second-order valence-corrected chi connectivity index (χ2v) is 10.8. The highest BCUT2D eigenvalue weighted by Gasteiger charge is 2.35. The number of nitrogens with one attached hydrogen (secondary N) is 2. The molecule has 0 bridgehead atoms. The number of carbonyl (C=O) groups excluding carboxylic acids is 3. The molecular weight excluding hydrogens is 498 g/mol. The quantitative estimate of drug-likeness (QED) is 0.205. The van der Waals surface area contributed by atoms with Gasteiger partial charge in [-0.25, -0.2) is 4.79 Å². The lowest BCUT2D eigenvalue weighted by molar-refractivity contribution is -0.140. The smallest absolute Gasteiger partial charge is 0.408 e. The molecule has 7 nitrogen and oxygen atoms in total. The lowest BCUT2D eigenvalue weighted by atomic mass is 10.0. The number of hydrogen-bond donors (Lipinski definition) is 3. The topological polar surface area (TPSA) is 87.7 Å². The van der Waals surface area contributed by atoms with Gasteiger partial charge in [-0.05, 0) is 51.3 Å². The summed E-state index contributed by atoms with van der Waals surface area (Å²) >= 11 is 4.36. The van der Waals surface area contributed by atoms with Gasteiger partial charge < -0.3 is 20.3 Å². The van der Waals surface area contributed by atoms with Gasteiger partial charge in [-0.1, -0.05) is 81.1 Å². The molecule has 2 unspecified atom stereocenters. The summed E-state index contributed by atoms with van der Waals surface area (Å²) in [6.07, 6.45) is 4.24. The molecule has 2 aromatic carbocycles. The summed E-state index contributed by atoms with van der Waals surface area (Å²) in [5.74, 6) is -0.636. The molecule has 0 heterocycles. The van der Waals surface area contributed by atoms with Crippen molar-refractivity contribution in [1.29, 1.82) is 0 Å². The van der Waals surface area contributed by atoms with E-state index >= 15 is 0 Å². The van der Waals surface area contributed by atoms with Crippen LogP contribution in [0.3, 0.4) is 0 Å². The van der Waals surface area contributed by atoms with Gasteiger partial charge in [0.1, 0.15) is 17.7 Å². The molecule has 8 heteroatoms. The summed E-state index contributed by atoms with van der Waals surface area (Å²) in [5.41, 5.74) is 1.58.